The van der Waals surface area contributed by atoms with Crippen LogP contribution in [-0.2, 0) is 0 Å². The number of pyridine rings is 1. The van der Waals surface area contributed by atoms with Gasteiger partial charge in [-0.1, -0.05) is 0 Å². The maximum Gasteiger partial charge on any atom is 0.573 e. The van der Waals surface area contributed by atoms with Crippen LogP contribution in [-0.4, -0.2) is 16.3 Å². The van der Waals surface area contributed by atoms with Crippen molar-refractivity contribution in [1.29, 1.82) is 5.26 Å². The molecule has 0 aliphatic heterocycles. The molecule has 16 heavy (non-hydrogen) atoms. The lowest BCUT2D eigenvalue weighted by molar-refractivity contribution is -0.393. The fourth-order valence-electron chi connectivity index (χ4n) is 0.833. The molecule has 0 atom stereocenters. The van der Waals surface area contributed by atoms with Gasteiger partial charge in [-0.25, -0.2) is 0 Å². The fourth-order valence-corrected chi connectivity index (χ4v) is 0.833. The standard InChI is InChI=1S/C7H2F3N3O3/c8-7(9,10)16-5-2-1-4(3-11)12-6(5)13(14)15/h1-2H. The SMILES string of the molecule is N#Cc1ccc(OC(F)(F)F)c([N+](=O)[O-])n1. The van der Waals surface area contributed by atoms with Crippen LogP contribution in [0.25, 0.3) is 0 Å². The third-order valence-electron chi connectivity index (χ3n) is 1.35. The summed E-state index contributed by atoms with van der Waals surface area (Å²) in [6, 6.07) is 3.01. The summed E-state index contributed by atoms with van der Waals surface area (Å²) in [5, 5.41) is 18.7. The van der Waals surface area contributed by atoms with Crippen molar-refractivity contribution in [3.8, 4) is 11.8 Å². The molecule has 0 aliphatic carbocycles. The Bertz CT molecular complexity index is 466. The summed E-state index contributed by atoms with van der Waals surface area (Å²) in [6.45, 7) is 0. The molecule has 1 heterocycles. The van der Waals surface area contributed by atoms with E-state index in [1.54, 1.807) is 0 Å². The molecule has 0 spiro atoms. The van der Waals surface area contributed by atoms with Crippen molar-refractivity contribution in [2.45, 2.75) is 6.36 Å². The van der Waals surface area contributed by atoms with Crippen LogP contribution in [0.4, 0.5) is 19.0 Å². The van der Waals surface area contributed by atoms with Crippen LogP contribution >= 0.6 is 0 Å². The van der Waals surface area contributed by atoms with Gasteiger partial charge in [-0.15, -0.1) is 13.2 Å². The average molecular weight is 233 g/mol. The zero-order valence-corrected chi connectivity index (χ0v) is 7.35. The summed E-state index contributed by atoms with van der Waals surface area (Å²) in [7, 11) is 0. The molecule has 9 heteroatoms. The van der Waals surface area contributed by atoms with Crippen LogP contribution < -0.4 is 4.74 Å². The first kappa shape index (κ1) is 11.7. The minimum absolute atomic E-state index is 0.374. The van der Waals surface area contributed by atoms with E-state index in [-0.39, 0.29) is 5.69 Å². The first-order chi connectivity index (χ1) is 7.33. The fraction of sp³-hybridized carbons (Fsp3) is 0.143. The molecule has 0 bridgehead atoms. The van der Waals surface area contributed by atoms with Crippen LogP contribution in [0.5, 0.6) is 5.75 Å². The van der Waals surface area contributed by atoms with Crippen molar-refractivity contribution in [2.75, 3.05) is 0 Å². The number of nitrogens with zero attached hydrogens (tertiary/aromatic N) is 3. The highest BCUT2D eigenvalue weighted by Crippen LogP contribution is 2.30. The monoisotopic (exact) mass is 233 g/mol. The minimum Gasteiger partial charge on any atom is -0.397 e. The summed E-state index contributed by atoms with van der Waals surface area (Å²) in [5.74, 6) is -2.21. The summed E-state index contributed by atoms with van der Waals surface area (Å²) < 4.78 is 38.9. The van der Waals surface area contributed by atoms with Gasteiger partial charge in [-0.05, 0) is 16.0 Å². The summed E-state index contributed by atoms with van der Waals surface area (Å²) in [5.41, 5.74) is -0.374. The molecule has 0 radical (unpaired) electrons. The lowest BCUT2D eigenvalue weighted by Crippen LogP contribution is -2.18. The van der Waals surface area contributed by atoms with Crippen LogP contribution in [0.3, 0.4) is 0 Å². The summed E-state index contributed by atoms with van der Waals surface area (Å²) in [6.07, 6.45) is -5.05. The second kappa shape index (κ2) is 4.01. The van der Waals surface area contributed by atoms with E-state index in [0.29, 0.717) is 6.07 Å². The molecule has 0 saturated carbocycles. The molecule has 84 valence electrons. The molecule has 0 N–H and O–H groups in total. The second-order valence-electron chi connectivity index (χ2n) is 2.43. The predicted molar refractivity (Wildman–Crippen MR) is 42.3 cm³/mol. The Morgan fingerprint density at radius 3 is 2.56 bits per heavy atom. The molecule has 0 saturated heterocycles. The van der Waals surface area contributed by atoms with Crippen LogP contribution in [0.1, 0.15) is 5.69 Å². The van der Waals surface area contributed by atoms with Gasteiger partial charge in [0.2, 0.25) is 5.75 Å². The summed E-state index contributed by atoms with van der Waals surface area (Å²) in [4.78, 5) is 12.3. The van der Waals surface area contributed by atoms with Crippen molar-refractivity contribution in [2.24, 2.45) is 0 Å². The van der Waals surface area contributed by atoms with E-state index in [2.05, 4.69) is 9.72 Å². The number of ether oxygens (including phenoxy) is 1. The Morgan fingerprint density at radius 2 is 2.12 bits per heavy atom. The Hall–Kier alpha value is -2.37. The number of rotatable bonds is 2. The normalized spacial score (nSPS) is 10.6. The first-order valence-electron chi connectivity index (χ1n) is 3.65. The van der Waals surface area contributed by atoms with E-state index in [1.807, 2.05) is 0 Å². The third-order valence-corrected chi connectivity index (χ3v) is 1.35. The van der Waals surface area contributed by atoms with E-state index in [9.17, 15) is 23.3 Å². The number of alkyl halides is 3. The number of hydrogen-bond acceptors (Lipinski definition) is 5. The average Bonchev–Trinajstić information content (AvgIpc) is 2.15. The van der Waals surface area contributed by atoms with E-state index in [0.717, 1.165) is 6.07 Å². The minimum atomic E-state index is -5.05. The van der Waals surface area contributed by atoms with Crippen LogP contribution in [0.15, 0.2) is 12.1 Å². The maximum atomic E-state index is 11.8. The largest absolute Gasteiger partial charge is 0.573 e. The molecule has 0 aliphatic rings. The molecule has 0 unspecified atom stereocenters. The Kier molecular flexibility index (Phi) is 2.94. The van der Waals surface area contributed by atoms with Crippen molar-refractivity contribution >= 4 is 5.82 Å². The van der Waals surface area contributed by atoms with Gasteiger partial charge < -0.3 is 14.9 Å². The molecule has 6 nitrogen and oxygen atoms in total. The number of nitriles is 1. The van der Waals surface area contributed by atoms with E-state index in [1.165, 1.54) is 6.07 Å². The lowest BCUT2D eigenvalue weighted by atomic mass is 10.3. The quantitative estimate of drug-likeness (QED) is 0.573. The van der Waals surface area contributed by atoms with Gasteiger partial charge >= 0.3 is 12.2 Å². The van der Waals surface area contributed by atoms with Gasteiger partial charge in [0.25, 0.3) is 5.69 Å². The molecular formula is C7H2F3N3O3. The van der Waals surface area contributed by atoms with Crippen molar-refractivity contribution in [3.05, 3.63) is 27.9 Å². The number of halogens is 3. The molecule has 0 fully saturated rings. The van der Waals surface area contributed by atoms with E-state index in [4.69, 9.17) is 5.26 Å². The molecule has 0 amide bonds. The molecular weight excluding hydrogens is 231 g/mol. The van der Waals surface area contributed by atoms with Crippen molar-refractivity contribution < 1.29 is 22.8 Å². The maximum absolute atomic E-state index is 11.8. The van der Waals surface area contributed by atoms with Gasteiger partial charge in [0.1, 0.15) is 6.07 Å². The predicted octanol–water partition coefficient (Wildman–Crippen LogP) is 1.76. The molecule has 1 aromatic heterocycles. The molecule has 0 aromatic carbocycles. The molecule has 1 rings (SSSR count). The Morgan fingerprint density at radius 1 is 1.50 bits per heavy atom. The van der Waals surface area contributed by atoms with Gasteiger partial charge in [0, 0.05) is 6.07 Å². The smallest absolute Gasteiger partial charge is 0.397 e. The van der Waals surface area contributed by atoms with Gasteiger partial charge in [-0.3, -0.25) is 0 Å². The number of aromatic nitrogens is 1. The van der Waals surface area contributed by atoms with E-state index < -0.39 is 22.9 Å². The number of nitro groups is 1. The van der Waals surface area contributed by atoms with Gasteiger partial charge in [0.15, 0.2) is 0 Å². The van der Waals surface area contributed by atoms with Crippen LogP contribution in [0, 0.1) is 21.4 Å². The highest BCUT2D eigenvalue weighted by molar-refractivity contribution is 5.43. The van der Waals surface area contributed by atoms with E-state index >= 15 is 0 Å². The zero-order valence-electron chi connectivity index (χ0n) is 7.35. The third kappa shape index (κ3) is 2.81. The first-order valence-corrected chi connectivity index (χ1v) is 3.65. The second-order valence-corrected chi connectivity index (χ2v) is 2.43. The Labute approximate surface area is 86.0 Å². The molecule has 1 aromatic rings. The van der Waals surface area contributed by atoms with Crippen molar-refractivity contribution in [3.63, 3.8) is 0 Å². The topological polar surface area (TPSA) is 89.0 Å². The number of hydrogen-bond donors (Lipinski definition) is 0. The highest BCUT2D eigenvalue weighted by Gasteiger charge is 2.35. The van der Waals surface area contributed by atoms with Gasteiger partial charge in [0.05, 0.1) is 0 Å². The highest BCUT2D eigenvalue weighted by atomic mass is 19.4. The lowest BCUT2D eigenvalue weighted by Gasteiger charge is -2.07. The van der Waals surface area contributed by atoms with Crippen molar-refractivity contribution in [1.82, 2.24) is 4.98 Å². The van der Waals surface area contributed by atoms with Crippen LogP contribution in [0.2, 0.25) is 0 Å². The van der Waals surface area contributed by atoms with Gasteiger partial charge in [-0.2, -0.15) is 5.26 Å². The summed E-state index contributed by atoms with van der Waals surface area (Å²) >= 11 is 0. The zero-order chi connectivity index (χ0) is 12.3. The Balaban J connectivity index is 3.20.